The van der Waals surface area contributed by atoms with E-state index >= 15 is 0 Å². The molecule has 2 aromatic rings. The molecule has 2 unspecified atom stereocenters. The van der Waals surface area contributed by atoms with Crippen LogP contribution in [0, 0.1) is 0 Å². The van der Waals surface area contributed by atoms with Gasteiger partial charge in [0.2, 0.25) is 6.10 Å². The molecule has 0 amide bonds. The standard InChI is InChI=1S/C23H27Cl2NO5/c1-6-14(3)18-12-17(8-9-21(18)28-5)30-22-19(24)10-16(11-20(22)25)13-26-31-15(4)23(27)29-7-2/h8-15H,6-7H2,1-5H3. The normalized spacial score (nSPS) is 13.0. The number of benzene rings is 2. The van der Waals surface area contributed by atoms with E-state index in [1.807, 2.05) is 12.1 Å². The minimum Gasteiger partial charge on any atom is -0.496 e. The van der Waals surface area contributed by atoms with Crippen molar-refractivity contribution in [1.82, 2.24) is 0 Å². The Morgan fingerprint density at radius 1 is 1.13 bits per heavy atom. The number of rotatable bonds is 10. The summed E-state index contributed by atoms with van der Waals surface area (Å²) in [5.74, 6) is 1.56. The van der Waals surface area contributed by atoms with E-state index in [0.717, 1.165) is 17.7 Å². The topological polar surface area (TPSA) is 66.4 Å². The number of ether oxygens (including phenoxy) is 3. The van der Waals surface area contributed by atoms with Crippen LogP contribution in [-0.4, -0.2) is 32.0 Å². The molecule has 0 spiro atoms. The lowest BCUT2D eigenvalue weighted by Gasteiger charge is -2.17. The predicted octanol–water partition coefficient (Wildman–Crippen LogP) is 6.61. The van der Waals surface area contributed by atoms with E-state index in [1.54, 1.807) is 39.2 Å². The van der Waals surface area contributed by atoms with Gasteiger partial charge in [0.05, 0.1) is 30.0 Å². The first-order chi connectivity index (χ1) is 14.8. The van der Waals surface area contributed by atoms with Gasteiger partial charge in [-0.05, 0) is 62.1 Å². The maximum absolute atomic E-state index is 11.5. The Labute approximate surface area is 193 Å². The largest absolute Gasteiger partial charge is 0.496 e. The maximum Gasteiger partial charge on any atom is 0.349 e. The van der Waals surface area contributed by atoms with Gasteiger partial charge in [-0.15, -0.1) is 0 Å². The Morgan fingerprint density at radius 3 is 2.39 bits per heavy atom. The summed E-state index contributed by atoms with van der Waals surface area (Å²) in [7, 11) is 1.65. The first kappa shape index (κ1) is 24.8. The van der Waals surface area contributed by atoms with Crippen molar-refractivity contribution in [2.45, 2.75) is 46.1 Å². The molecule has 0 saturated heterocycles. The molecule has 0 fully saturated rings. The van der Waals surface area contributed by atoms with Crippen molar-refractivity contribution in [3.8, 4) is 17.2 Å². The van der Waals surface area contributed by atoms with Crippen LogP contribution >= 0.6 is 23.2 Å². The smallest absolute Gasteiger partial charge is 0.349 e. The minimum atomic E-state index is -0.820. The molecule has 31 heavy (non-hydrogen) atoms. The van der Waals surface area contributed by atoms with Crippen LogP contribution in [0.15, 0.2) is 35.5 Å². The Bertz CT molecular complexity index is 909. The monoisotopic (exact) mass is 467 g/mol. The number of hydrogen-bond acceptors (Lipinski definition) is 6. The molecular weight excluding hydrogens is 441 g/mol. The van der Waals surface area contributed by atoms with Crippen LogP contribution in [0.1, 0.15) is 51.2 Å². The number of carbonyl (C=O) groups is 1. The Morgan fingerprint density at radius 2 is 1.81 bits per heavy atom. The molecule has 2 aromatic carbocycles. The fourth-order valence-electron chi connectivity index (χ4n) is 2.74. The van der Waals surface area contributed by atoms with E-state index in [9.17, 15) is 4.79 Å². The highest BCUT2D eigenvalue weighted by molar-refractivity contribution is 6.37. The lowest BCUT2D eigenvalue weighted by Crippen LogP contribution is -2.21. The van der Waals surface area contributed by atoms with Gasteiger partial charge in [0.15, 0.2) is 5.75 Å². The zero-order valence-electron chi connectivity index (χ0n) is 18.3. The van der Waals surface area contributed by atoms with Gasteiger partial charge in [-0.25, -0.2) is 4.79 Å². The van der Waals surface area contributed by atoms with Gasteiger partial charge in [-0.2, -0.15) is 0 Å². The second-order valence-corrected chi connectivity index (χ2v) is 7.68. The second-order valence-electron chi connectivity index (χ2n) is 6.86. The van der Waals surface area contributed by atoms with Crippen LogP contribution < -0.4 is 9.47 Å². The van der Waals surface area contributed by atoms with E-state index in [4.69, 9.17) is 42.3 Å². The van der Waals surface area contributed by atoms with Crippen molar-refractivity contribution in [2.24, 2.45) is 5.16 Å². The molecule has 0 aliphatic heterocycles. The molecule has 6 nitrogen and oxygen atoms in total. The third-order valence-electron chi connectivity index (χ3n) is 4.62. The number of methoxy groups -OCH3 is 1. The highest BCUT2D eigenvalue weighted by atomic mass is 35.5. The molecule has 0 bridgehead atoms. The van der Waals surface area contributed by atoms with Crippen LogP contribution in [0.5, 0.6) is 17.2 Å². The van der Waals surface area contributed by atoms with Crippen LogP contribution in [0.3, 0.4) is 0 Å². The van der Waals surface area contributed by atoms with Gasteiger partial charge in [0.1, 0.15) is 11.5 Å². The Balaban J connectivity index is 2.18. The summed E-state index contributed by atoms with van der Waals surface area (Å²) in [6, 6.07) is 8.88. The van der Waals surface area contributed by atoms with Gasteiger partial charge < -0.3 is 19.0 Å². The van der Waals surface area contributed by atoms with Crippen molar-refractivity contribution < 1.29 is 23.8 Å². The molecule has 0 aromatic heterocycles. The van der Waals surface area contributed by atoms with Gasteiger partial charge in [0, 0.05) is 5.56 Å². The minimum absolute atomic E-state index is 0.274. The zero-order valence-corrected chi connectivity index (χ0v) is 19.8. The summed E-state index contributed by atoms with van der Waals surface area (Å²) >= 11 is 12.8. The van der Waals surface area contributed by atoms with Crippen LogP contribution in [-0.2, 0) is 14.4 Å². The number of oxime groups is 1. The lowest BCUT2D eigenvalue weighted by atomic mass is 9.97. The summed E-state index contributed by atoms with van der Waals surface area (Å²) in [6.45, 7) is 7.78. The summed E-state index contributed by atoms with van der Waals surface area (Å²) in [5.41, 5.74) is 1.64. The molecule has 0 aliphatic rings. The highest BCUT2D eigenvalue weighted by Crippen LogP contribution is 2.39. The van der Waals surface area contributed by atoms with Crippen LogP contribution in [0.2, 0.25) is 10.0 Å². The SMILES string of the molecule is CCOC(=O)C(C)ON=Cc1cc(Cl)c(Oc2ccc(OC)c(C(C)CC)c2)c(Cl)c1. The molecule has 168 valence electrons. The van der Waals surface area contributed by atoms with Gasteiger partial charge in [-0.1, -0.05) is 42.2 Å². The van der Waals surface area contributed by atoms with E-state index in [-0.39, 0.29) is 6.61 Å². The van der Waals surface area contributed by atoms with E-state index in [2.05, 4.69) is 19.0 Å². The fraction of sp³-hybridized carbons (Fsp3) is 0.391. The Hall–Kier alpha value is -2.44. The lowest BCUT2D eigenvalue weighted by molar-refractivity contribution is -0.155. The zero-order chi connectivity index (χ0) is 23.0. The molecule has 2 atom stereocenters. The molecule has 0 radical (unpaired) electrons. The van der Waals surface area contributed by atoms with Crippen LogP contribution in [0.4, 0.5) is 0 Å². The molecule has 0 saturated carbocycles. The van der Waals surface area contributed by atoms with E-state index in [1.165, 1.54) is 6.21 Å². The summed E-state index contributed by atoms with van der Waals surface area (Å²) in [4.78, 5) is 16.6. The number of hydrogen-bond donors (Lipinski definition) is 0. The number of carbonyl (C=O) groups excluding carboxylic acids is 1. The fourth-order valence-corrected chi connectivity index (χ4v) is 3.32. The first-order valence-electron chi connectivity index (χ1n) is 10.0. The molecular formula is C23H27Cl2NO5. The molecule has 0 aliphatic carbocycles. The quantitative estimate of drug-likeness (QED) is 0.223. The van der Waals surface area contributed by atoms with Crippen molar-refractivity contribution in [3.63, 3.8) is 0 Å². The van der Waals surface area contributed by atoms with Gasteiger partial charge in [0.25, 0.3) is 0 Å². The third kappa shape index (κ3) is 6.77. The van der Waals surface area contributed by atoms with Crippen molar-refractivity contribution in [2.75, 3.05) is 13.7 Å². The average Bonchev–Trinajstić information content (AvgIpc) is 2.75. The summed E-state index contributed by atoms with van der Waals surface area (Å²) in [6.07, 6.45) is 1.55. The summed E-state index contributed by atoms with van der Waals surface area (Å²) < 4.78 is 16.3. The Kier molecular flexibility index (Phi) is 9.46. The van der Waals surface area contributed by atoms with E-state index < -0.39 is 12.1 Å². The predicted molar refractivity (Wildman–Crippen MR) is 123 cm³/mol. The first-order valence-corrected chi connectivity index (χ1v) is 10.8. The maximum atomic E-state index is 11.5. The number of halogens is 2. The average molecular weight is 468 g/mol. The van der Waals surface area contributed by atoms with Crippen LogP contribution in [0.25, 0.3) is 0 Å². The third-order valence-corrected chi connectivity index (χ3v) is 5.19. The number of nitrogens with zero attached hydrogens (tertiary/aromatic N) is 1. The van der Waals surface area contributed by atoms with Crippen molar-refractivity contribution >= 4 is 35.4 Å². The highest BCUT2D eigenvalue weighted by Gasteiger charge is 2.16. The number of esters is 1. The molecule has 0 heterocycles. The molecule has 0 N–H and O–H groups in total. The summed E-state index contributed by atoms with van der Waals surface area (Å²) in [5, 5.41) is 4.43. The van der Waals surface area contributed by atoms with Gasteiger partial charge >= 0.3 is 5.97 Å². The van der Waals surface area contributed by atoms with Crippen molar-refractivity contribution in [1.29, 1.82) is 0 Å². The van der Waals surface area contributed by atoms with Crippen molar-refractivity contribution in [3.05, 3.63) is 51.5 Å². The second kappa shape index (κ2) is 11.8. The molecule has 8 heteroatoms. The van der Waals surface area contributed by atoms with E-state index in [0.29, 0.717) is 33.0 Å². The molecule has 2 rings (SSSR count). The van der Waals surface area contributed by atoms with Gasteiger partial charge in [-0.3, -0.25) is 0 Å².